The van der Waals surface area contributed by atoms with Crippen molar-refractivity contribution in [3.8, 4) is 0 Å². The lowest BCUT2D eigenvalue weighted by molar-refractivity contribution is -0.151. The molecule has 1 aliphatic rings. The minimum atomic E-state index is -0.789. The van der Waals surface area contributed by atoms with Gasteiger partial charge in [-0.3, -0.25) is 9.59 Å². The third-order valence-corrected chi connectivity index (χ3v) is 4.49. The third kappa shape index (κ3) is 4.58. The molecule has 2 amide bonds. The van der Waals surface area contributed by atoms with E-state index in [9.17, 15) is 14.4 Å². The fourth-order valence-corrected chi connectivity index (χ4v) is 2.77. The van der Waals surface area contributed by atoms with Crippen LogP contribution in [0, 0.1) is 5.92 Å². The van der Waals surface area contributed by atoms with Crippen molar-refractivity contribution < 1.29 is 23.9 Å². The van der Waals surface area contributed by atoms with Crippen LogP contribution in [0.25, 0.3) is 0 Å². The number of nitrogens with one attached hydrogen (secondary N) is 1. The Kier molecular flexibility index (Phi) is 6.55. The van der Waals surface area contributed by atoms with Crippen LogP contribution in [0.4, 0.5) is 0 Å². The zero-order valence-corrected chi connectivity index (χ0v) is 15.9. The Morgan fingerprint density at radius 2 is 1.92 bits per heavy atom. The topological polar surface area (TPSA) is 84.9 Å². The molecule has 0 bridgehead atoms. The van der Waals surface area contributed by atoms with E-state index < -0.39 is 18.1 Å². The van der Waals surface area contributed by atoms with E-state index in [-0.39, 0.29) is 31.1 Å². The van der Waals surface area contributed by atoms with Crippen LogP contribution < -0.4 is 5.32 Å². The molecule has 0 radical (unpaired) electrons. The molecule has 0 spiro atoms. The van der Waals surface area contributed by atoms with E-state index in [0.717, 1.165) is 4.47 Å². The first kappa shape index (κ1) is 19.4. The zero-order chi connectivity index (χ0) is 18.6. The van der Waals surface area contributed by atoms with E-state index in [0.29, 0.717) is 5.56 Å². The van der Waals surface area contributed by atoms with E-state index in [2.05, 4.69) is 21.2 Å². The van der Waals surface area contributed by atoms with Crippen molar-refractivity contribution in [2.75, 3.05) is 20.4 Å². The van der Waals surface area contributed by atoms with Gasteiger partial charge in [0.2, 0.25) is 5.91 Å². The van der Waals surface area contributed by atoms with Gasteiger partial charge in [-0.25, -0.2) is 4.79 Å². The van der Waals surface area contributed by atoms with Crippen LogP contribution in [0.1, 0.15) is 24.2 Å². The second kappa shape index (κ2) is 8.44. The van der Waals surface area contributed by atoms with Crippen molar-refractivity contribution in [2.45, 2.75) is 25.9 Å². The van der Waals surface area contributed by atoms with Gasteiger partial charge in [0, 0.05) is 10.0 Å². The summed E-state index contributed by atoms with van der Waals surface area (Å²) in [5.74, 6) is -1.42. The molecule has 2 atom stereocenters. The van der Waals surface area contributed by atoms with Gasteiger partial charge >= 0.3 is 5.97 Å². The molecule has 7 nitrogen and oxygen atoms in total. The molecule has 1 saturated heterocycles. The van der Waals surface area contributed by atoms with Gasteiger partial charge in [0.1, 0.15) is 12.8 Å². The van der Waals surface area contributed by atoms with Crippen molar-refractivity contribution in [1.82, 2.24) is 10.2 Å². The highest BCUT2D eigenvalue weighted by molar-refractivity contribution is 9.10. The summed E-state index contributed by atoms with van der Waals surface area (Å²) >= 11 is 3.31. The van der Waals surface area contributed by atoms with Crippen LogP contribution in [-0.4, -0.2) is 55.2 Å². The zero-order valence-electron chi connectivity index (χ0n) is 14.3. The number of halogens is 1. The highest BCUT2D eigenvalue weighted by Crippen LogP contribution is 2.17. The van der Waals surface area contributed by atoms with Gasteiger partial charge in [-0.15, -0.1) is 0 Å². The molecule has 8 heteroatoms. The number of ether oxygens (including phenoxy) is 2. The predicted octanol–water partition coefficient (Wildman–Crippen LogP) is 1.56. The summed E-state index contributed by atoms with van der Waals surface area (Å²) in [4.78, 5) is 38.4. The average molecular weight is 413 g/mol. The second-order valence-corrected chi connectivity index (χ2v) is 6.96. The summed E-state index contributed by atoms with van der Waals surface area (Å²) in [6.07, 6.45) is 0. The van der Waals surface area contributed by atoms with Crippen molar-refractivity contribution in [2.24, 2.45) is 5.92 Å². The molecule has 1 unspecified atom stereocenters. The highest BCUT2D eigenvalue weighted by atomic mass is 79.9. The van der Waals surface area contributed by atoms with E-state index in [1.165, 1.54) is 12.0 Å². The molecule has 0 aliphatic carbocycles. The summed E-state index contributed by atoms with van der Waals surface area (Å²) in [5, 5.41) is 2.75. The number of hydrogen-bond donors (Lipinski definition) is 1. The molecule has 1 heterocycles. The summed E-state index contributed by atoms with van der Waals surface area (Å²) in [5.41, 5.74) is 0.448. The maximum atomic E-state index is 12.9. The van der Waals surface area contributed by atoms with E-state index in [4.69, 9.17) is 9.47 Å². The molecule has 1 aromatic rings. The van der Waals surface area contributed by atoms with Gasteiger partial charge in [0.25, 0.3) is 5.91 Å². The number of esters is 1. The molecule has 2 rings (SSSR count). The normalized spacial score (nSPS) is 18.1. The van der Waals surface area contributed by atoms with Crippen LogP contribution in [-0.2, 0) is 19.1 Å². The van der Waals surface area contributed by atoms with Crippen LogP contribution in [0.5, 0.6) is 0 Å². The van der Waals surface area contributed by atoms with E-state index >= 15 is 0 Å². The average Bonchev–Trinajstić information content (AvgIpc) is 3.08. The number of amides is 2. The lowest BCUT2D eigenvalue weighted by atomic mass is 10.0. The Balaban J connectivity index is 2.14. The molecule has 136 valence electrons. The number of carbonyl (C=O) groups is 3. The standard InChI is InChI=1S/C17H21BrN2O5/c1-10(2)14(19-15(21)11-4-6-12(18)7-5-11)16(22)20-9-25-8-13(20)17(23)24-3/h4-7,10,13-14H,8-9H2,1-3H3,(H,19,21)/t13-,14?/m0/s1. The molecule has 1 aromatic carbocycles. The van der Waals surface area contributed by atoms with E-state index in [1.54, 1.807) is 24.3 Å². The molecule has 0 saturated carbocycles. The lowest BCUT2D eigenvalue weighted by Gasteiger charge is -2.28. The second-order valence-electron chi connectivity index (χ2n) is 6.05. The number of rotatable bonds is 5. The summed E-state index contributed by atoms with van der Waals surface area (Å²) in [7, 11) is 1.26. The molecule has 1 N–H and O–H groups in total. The minimum Gasteiger partial charge on any atom is -0.467 e. The Morgan fingerprint density at radius 1 is 1.28 bits per heavy atom. The van der Waals surface area contributed by atoms with Gasteiger partial charge < -0.3 is 19.7 Å². The number of nitrogens with zero attached hydrogens (tertiary/aromatic N) is 1. The van der Waals surface area contributed by atoms with Gasteiger partial charge in [0.15, 0.2) is 6.04 Å². The first-order chi connectivity index (χ1) is 11.8. The monoisotopic (exact) mass is 412 g/mol. The van der Waals surface area contributed by atoms with Crippen molar-refractivity contribution >= 4 is 33.7 Å². The Bertz CT molecular complexity index is 647. The summed E-state index contributed by atoms with van der Waals surface area (Å²) in [6.45, 7) is 3.74. The van der Waals surface area contributed by atoms with Gasteiger partial charge in [-0.05, 0) is 30.2 Å². The third-order valence-electron chi connectivity index (χ3n) is 3.96. The SMILES string of the molecule is COC(=O)[C@@H]1COCN1C(=O)C(NC(=O)c1ccc(Br)cc1)C(C)C. The first-order valence-electron chi connectivity index (χ1n) is 7.87. The van der Waals surface area contributed by atoms with Crippen molar-refractivity contribution in [3.63, 3.8) is 0 Å². The highest BCUT2D eigenvalue weighted by Gasteiger charge is 2.40. The summed E-state index contributed by atoms with van der Waals surface area (Å²) in [6, 6.07) is 5.27. The van der Waals surface area contributed by atoms with Gasteiger partial charge in [-0.1, -0.05) is 29.8 Å². The van der Waals surface area contributed by atoms with Crippen LogP contribution >= 0.6 is 15.9 Å². The maximum Gasteiger partial charge on any atom is 0.331 e. The smallest absolute Gasteiger partial charge is 0.331 e. The van der Waals surface area contributed by atoms with E-state index in [1.807, 2.05) is 13.8 Å². The van der Waals surface area contributed by atoms with Crippen LogP contribution in [0.3, 0.4) is 0 Å². The first-order valence-corrected chi connectivity index (χ1v) is 8.67. The molecule has 25 heavy (non-hydrogen) atoms. The largest absolute Gasteiger partial charge is 0.467 e. The number of carbonyl (C=O) groups excluding carboxylic acids is 3. The van der Waals surface area contributed by atoms with Crippen LogP contribution in [0.15, 0.2) is 28.7 Å². The van der Waals surface area contributed by atoms with Crippen LogP contribution in [0.2, 0.25) is 0 Å². The Labute approximate surface area is 154 Å². The fourth-order valence-electron chi connectivity index (χ4n) is 2.51. The lowest BCUT2D eigenvalue weighted by Crippen LogP contribution is -2.54. The quantitative estimate of drug-likeness (QED) is 0.741. The maximum absolute atomic E-state index is 12.9. The molecular formula is C17H21BrN2O5. The number of benzene rings is 1. The molecule has 1 aliphatic heterocycles. The number of hydrogen-bond acceptors (Lipinski definition) is 5. The number of methoxy groups -OCH3 is 1. The fraction of sp³-hybridized carbons (Fsp3) is 0.471. The Hall–Kier alpha value is -1.93. The van der Waals surface area contributed by atoms with Gasteiger partial charge in [-0.2, -0.15) is 0 Å². The molecular weight excluding hydrogens is 392 g/mol. The predicted molar refractivity (Wildman–Crippen MR) is 93.7 cm³/mol. The van der Waals surface area contributed by atoms with Crippen molar-refractivity contribution in [3.05, 3.63) is 34.3 Å². The molecule has 0 aromatic heterocycles. The molecule has 1 fully saturated rings. The van der Waals surface area contributed by atoms with Gasteiger partial charge in [0.05, 0.1) is 13.7 Å². The minimum absolute atomic E-state index is 0.00399. The Morgan fingerprint density at radius 3 is 2.48 bits per heavy atom. The van der Waals surface area contributed by atoms with Crippen molar-refractivity contribution in [1.29, 1.82) is 0 Å². The summed E-state index contributed by atoms with van der Waals surface area (Å²) < 4.78 is 10.8.